The lowest BCUT2D eigenvalue weighted by atomic mass is 9.88. The van der Waals surface area contributed by atoms with E-state index in [4.69, 9.17) is 5.73 Å². The number of benzene rings is 1. The van der Waals surface area contributed by atoms with Crippen LogP contribution in [0.4, 0.5) is 4.39 Å². The van der Waals surface area contributed by atoms with Gasteiger partial charge in [0, 0.05) is 11.6 Å². The van der Waals surface area contributed by atoms with E-state index in [0.717, 1.165) is 18.7 Å². The molecule has 0 amide bonds. The normalized spacial score (nSPS) is 19.5. The monoisotopic (exact) mass is 236 g/mol. The van der Waals surface area contributed by atoms with Gasteiger partial charge in [0.25, 0.3) is 0 Å². The molecule has 1 unspecified atom stereocenters. The highest BCUT2D eigenvalue weighted by Gasteiger charge is 2.35. The first-order valence-electron chi connectivity index (χ1n) is 6.28. The third kappa shape index (κ3) is 2.50. The van der Waals surface area contributed by atoms with Crippen molar-refractivity contribution in [3.8, 4) is 0 Å². The van der Waals surface area contributed by atoms with E-state index in [0.29, 0.717) is 0 Å². The molecule has 3 heteroatoms. The molecular weight excluding hydrogens is 215 g/mol. The maximum absolute atomic E-state index is 12.9. The van der Waals surface area contributed by atoms with Crippen molar-refractivity contribution in [1.29, 1.82) is 0 Å². The number of likely N-dealkylation sites (tertiary alicyclic amines) is 1. The average Bonchev–Trinajstić information content (AvgIpc) is 2.83. The highest BCUT2D eigenvalue weighted by Crippen LogP contribution is 2.31. The molecule has 1 fully saturated rings. The van der Waals surface area contributed by atoms with Crippen molar-refractivity contribution in [3.63, 3.8) is 0 Å². The summed E-state index contributed by atoms with van der Waals surface area (Å²) in [6.07, 6.45) is 2.50. The van der Waals surface area contributed by atoms with Gasteiger partial charge in [0.2, 0.25) is 0 Å². The molecule has 2 rings (SSSR count). The number of halogens is 1. The van der Waals surface area contributed by atoms with Gasteiger partial charge in [-0.05, 0) is 57.5 Å². The molecule has 0 aliphatic carbocycles. The summed E-state index contributed by atoms with van der Waals surface area (Å²) in [5.41, 5.74) is 7.27. The Morgan fingerprint density at radius 1 is 1.18 bits per heavy atom. The van der Waals surface area contributed by atoms with Gasteiger partial charge < -0.3 is 5.73 Å². The van der Waals surface area contributed by atoms with Crippen molar-refractivity contribution in [2.75, 3.05) is 13.1 Å². The minimum Gasteiger partial charge on any atom is -0.322 e. The van der Waals surface area contributed by atoms with Gasteiger partial charge in [0.15, 0.2) is 0 Å². The van der Waals surface area contributed by atoms with Gasteiger partial charge in [-0.2, -0.15) is 0 Å². The molecule has 1 saturated heterocycles. The fourth-order valence-electron chi connectivity index (χ4n) is 2.57. The fraction of sp³-hybridized carbons (Fsp3) is 0.571. The van der Waals surface area contributed by atoms with E-state index in [1.807, 2.05) is 0 Å². The van der Waals surface area contributed by atoms with Gasteiger partial charge in [-0.1, -0.05) is 12.1 Å². The molecule has 1 aromatic rings. The Kier molecular flexibility index (Phi) is 3.50. The molecule has 2 nitrogen and oxygen atoms in total. The number of nitrogens with zero attached hydrogens (tertiary/aromatic N) is 1. The number of hydrogen-bond acceptors (Lipinski definition) is 2. The molecule has 0 bridgehead atoms. The minimum absolute atomic E-state index is 0.0751. The van der Waals surface area contributed by atoms with E-state index in [-0.39, 0.29) is 17.4 Å². The van der Waals surface area contributed by atoms with E-state index < -0.39 is 0 Å². The zero-order valence-corrected chi connectivity index (χ0v) is 10.6. The summed E-state index contributed by atoms with van der Waals surface area (Å²) >= 11 is 0. The first-order valence-corrected chi connectivity index (χ1v) is 6.28. The highest BCUT2D eigenvalue weighted by atomic mass is 19.1. The number of nitrogens with two attached hydrogens (primary N) is 1. The molecular formula is C14H21FN2. The van der Waals surface area contributed by atoms with E-state index in [1.54, 1.807) is 12.1 Å². The summed E-state index contributed by atoms with van der Waals surface area (Å²) in [7, 11) is 0. The molecule has 17 heavy (non-hydrogen) atoms. The second-order valence-electron chi connectivity index (χ2n) is 5.38. The van der Waals surface area contributed by atoms with Crippen molar-refractivity contribution in [1.82, 2.24) is 4.90 Å². The number of rotatable bonds is 3. The first-order chi connectivity index (χ1) is 8.01. The maximum Gasteiger partial charge on any atom is 0.123 e. The smallest absolute Gasteiger partial charge is 0.123 e. The molecule has 1 heterocycles. The quantitative estimate of drug-likeness (QED) is 0.874. The summed E-state index contributed by atoms with van der Waals surface area (Å²) in [5.74, 6) is -0.208. The van der Waals surface area contributed by atoms with Crippen molar-refractivity contribution in [2.45, 2.75) is 38.3 Å². The lowest BCUT2D eigenvalue weighted by molar-refractivity contribution is 0.124. The van der Waals surface area contributed by atoms with Gasteiger partial charge in [-0.3, -0.25) is 4.90 Å². The van der Waals surface area contributed by atoms with Crippen molar-refractivity contribution in [2.24, 2.45) is 5.73 Å². The third-order valence-corrected chi connectivity index (χ3v) is 3.91. The van der Waals surface area contributed by atoms with Crippen LogP contribution in [0.15, 0.2) is 24.3 Å². The van der Waals surface area contributed by atoms with Crippen LogP contribution in [0.2, 0.25) is 0 Å². The Morgan fingerprint density at radius 3 is 2.24 bits per heavy atom. The van der Waals surface area contributed by atoms with Crippen LogP contribution < -0.4 is 5.73 Å². The zero-order valence-electron chi connectivity index (χ0n) is 10.6. The maximum atomic E-state index is 12.9. The second kappa shape index (κ2) is 4.75. The molecule has 1 aliphatic rings. The Hall–Kier alpha value is -0.930. The van der Waals surface area contributed by atoms with Crippen molar-refractivity contribution >= 4 is 0 Å². The highest BCUT2D eigenvalue weighted by molar-refractivity contribution is 5.23. The average molecular weight is 236 g/mol. The topological polar surface area (TPSA) is 29.3 Å². The van der Waals surface area contributed by atoms with Gasteiger partial charge in [0.05, 0.1) is 0 Å². The van der Waals surface area contributed by atoms with Gasteiger partial charge in [-0.15, -0.1) is 0 Å². The Balaban J connectivity index is 2.17. The van der Waals surface area contributed by atoms with E-state index >= 15 is 0 Å². The van der Waals surface area contributed by atoms with Gasteiger partial charge >= 0.3 is 0 Å². The van der Waals surface area contributed by atoms with Crippen LogP contribution in [0.1, 0.15) is 38.3 Å². The second-order valence-corrected chi connectivity index (χ2v) is 5.38. The van der Waals surface area contributed by atoms with Crippen LogP contribution in [0, 0.1) is 5.82 Å². The van der Waals surface area contributed by atoms with Crippen LogP contribution in [0.25, 0.3) is 0 Å². The molecule has 0 radical (unpaired) electrons. The van der Waals surface area contributed by atoms with Crippen LogP contribution >= 0.6 is 0 Å². The van der Waals surface area contributed by atoms with E-state index in [1.165, 1.54) is 25.0 Å². The molecule has 1 atom stereocenters. The molecule has 0 spiro atoms. The SMILES string of the molecule is CC(C)(C(N)c1ccc(F)cc1)N1CCCC1. The van der Waals surface area contributed by atoms with E-state index in [2.05, 4.69) is 18.7 Å². The first kappa shape index (κ1) is 12.5. The van der Waals surface area contributed by atoms with Crippen molar-refractivity contribution in [3.05, 3.63) is 35.6 Å². The Bertz CT molecular complexity index is 366. The lowest BCUT2D eigenvalue weighted by Crippen LogP contribution is -2.49. The predicted molar refractivity (Wildman–Crippen MR) is 68.2 cm³/mol. The summed E-state index contributed by atoms with van der Waals surface area (Å²) in [6, 6.07) is 6.46. The van der Waals surface area contributed by atoms with Gasteiger partial charge in [-0.25, -0.2) is 4.39 Å². The minimum atomic E-state index is -0.208. The van der Waals surface area contributed by atoms with Crippen LogP contribution in [0.5, 0.6) is 0 Å². The summed E-state index contributed by atoms with van der Waals surface area (Å²) in [5, 5.41) is 0. The summed E-state index contributed by atoms with van der Waals surface area (Å²) in [4.78, 5) is 2.43. The van der Waals surface area contributed by atoms with Crippen LogP contribution in [-0.2, 0) is 0 Å². The fourth-order valence-corrected chi connectivity index (χ4v) is 2.57. The molecule has 2 N–H and O–H groups in total. The number of hydrogen-bond donors (Lipinski definition) is 1. The van der Waals surface area contributed by atoms with Crippen molar-refractivity contribution < 1.29 is 4.39 Å². The third-order valence-electron chi connectivity index (χ3n) is 3.91. The van der Waals surface area contributed by atoms with Gasteiger partial charge in [0.1, 0.15) is 5.82 Å². The largest absolute Gasteiger partial charge is 0.322 e. The summed E-state index contributed by atoms with van der Waals surface area (Å²) in [6.45, 7) is 6.57. The summed E-state index contributed by atoms with van der Waals surface area (Å²) < 4.78 is 12.9. The zero-order chi connectivity index (χ0) is 12.5. The molecule has 1 aliphatic heterocycles. The molecule has 0 saturated carbocycles. The lowest BCUT2D eigenvalue weighted by Gasteiger charge is -2.40. The molecule has 94 valence electrons. The van der Waals surface area contributed by atoms with E-state index in [9.17, 15) is 4.39 Å². The molecule has 0 aromatic heterocycles. The standard InChI is InChI=1S/C14H21FN2/c1-14(2,17-9-3-4-10-17)13(16)11-5-7-12(15)8-6-11/h5-8,13H,3-4,9-10,16H2,1-2H3. The molecule has 1 aromatic carbocycles. The Labute approximate surface area is 103 Å². The van der Waals surface area contributed by atoms with Crippen LogP contribution in [-0.4, -0.2) is 23.5 Å². The van der Waals surface area contributed by atoms with Crippen LogP contribution in [0.3, 0.4) is 0 Å². The Morgan fingerprint density at radius 2 is 1.71 bits per heavy atom. The predicted octanol–water partition coefficient (Wildman–Crippen LogP) is 2.70.